The van der Waals surface area contributed by atoms with E-state index in [1.165, 1.54) is 0 Å². The van der Waals surface area contributed by atoms with Crippen molar-refractivity contribution in [2.24, 2.45) is 0 Å². The smallest absolute Gasteiger partial charge is 0.238 e. The van der Waals surface area contributed by atoms with E-state index in [0.29, 0.717) is 0 Å². The molecule has 0 fully saturated rings. The number of aryl methyl sites for hydroxylation is 1. The van der Waals surface area contributed by atoms with Crippen LogP contribution in [0.1, 0.15) is 11.1 Å². The molecule has 0 heterocycles. The molecule has 4 heteroatoms. The van der Waals surface area contributed by atoms with Gasteiger partial charge in [-0.1, -0.05) is 12.1 Å². The first kappa shape index (κ1) is 13.2. The van der Waals surface area contributed by atoms with E-state index >= 15 is 0 Å². The van der Waals surface area contributed by atoms with Crippen LogP contribution in [0.15, 0.2) is 18.2 Å². The van der Waals surface area contributed by atoms with Crippen LogP contribution in [0, 0.1) is 25.2 Å². The fourth-order valence-electron chi connectivity index (χ4n) is 1.50. The molecule has 1 amide bonds. The van der Waals surface area contributed by atoms with E-state index < -0.39 is 0 Å². The first-order chi connectivity index (χ1) is 8.04. The highest BCUT2D eigenvalue weighted by Crippen LogP contribution is 2.17. The standard InChI is InChI=1S/C13H17N3O/c1-10-5-4-6-12(11(10)2)15-13(17)9-16(3)8-7-14/h4-6H,8-9H2,1-3H3,(H,15,17). The lowest BCUT2D eigenvalue weighted by atomic mass is 10.1. The first-order valence-corrected chi connectivity index (χ1v) is 5.46. The molecule has 0 saturated heterocycles. The summed E-state index contributed by atoms with van der Waals surface area (Å²) in [5, 5.41) is 11.3. The number of rotatable bonds is 4. The lowest BCUT2D eigenvalue weighted by molar-refractivity contribution is -0.116. The molecule has 0 aromatic heterocycles. The van der Waals surface area contributed by atoms with Crippen LogP contribution in [0.5, 0.6) is 0 Å². The molecule has 0 atom stereocenters. The Balaban J connectivity index is 2.63. The largest absolute Gasteiger partial charge is 0.325 e. The molecular formula is C13H17N3O. The van der Waals surface area contributed by atoms with Gasteiger partial charge in [-0.25, -0.2) is 0 Å². The molecule has 0 spiro atoms. The van der Waals surface area contributed by atoms with E-state index in [0.717, 1.165) is 16.8 Å². The highest BCUT2D eigenvalue weighted by atomic mass is 16.2. The Morgan fingerprint density at radius 2 is 2.18 bits per heavy atom. The third-order valence-corrected chi connectivity index (χ3v) is 2.63. The molecule has 1 aromatic carbocycles. The van der Waals surface area contributed by atoms with E-state index in [1.54, 1.807) is 11.9 Å². The first-order valence-electron chi connectivity index (χ1n) is 5.46. The zero-order valence-electron chi connectivity index (χ0n) is 10.4. The maximum absolute atomic E-state index is 11.7. The van der Waals surface area contributed by atoms with Crippen molar-refractivity contribution in [3.63, 3.8) is 0 Å². The van der Waals surface area contributed by atoms with Crippen molar-refractivity contribution in [1.82, 2.24) is 4.90 Å². The summed E-state index contributed by atoms with van der Waals surface area (Å²) in [6.07, 6.45) is 0. The summed E-state index contributed by atoms with van der Waals surface area (Å²) in [5.41, 5.74) is 3.05. The SMILES string of the molecule is Cc1cccc(NC(=O)CN(C)CC#N)c1C. The van der Waals surface area contributed by atoms with Gasteiger partial charge in [0.05, 0.1) is 19.2 Å². The number of amides is 1. The van der Waals surface area contributed by atoms with Gasteiger partial charge in [0.25, 0.3) is 0 Å². The summed E-state index contributed by atoms with van der Waals surface area (Å²) < 4.78 is 0. The van der Waals surface area contributed by atoms with Gasteiger partial charge in [-0.15, -0.1) is 0 Å². The van der Waals surface area contributed by atoms with Crippen LogP contribution in [0.2, 0.25) is 0 Å². The second kappa shape index (κ2) is 6.02. The lowest BCUT2D eigenvalue weighted by Crippen LogP contribution is -2.30. The van der Waals surface area contributed by atoms with E-state index in [2.05, 4.69) is 5.32 Å². The number of likely N-dealkylation sites (N-methyl/N-ethyl adjacent to an activating group) is 1. The summed E-state index contributed by atoms with van der Waals surface area (Å²) >= 11 is 0. The summed E-state index contributed by atoms with van der Waals surface area (Å²) in [6.45, 7) is 4.46. The number of hydrogen-bond donors (Lipinski definition) is 1. The fourth-order valence-corrected chi connectivity index (χ4v) is 1.50. The third-order valence-electron chi connectivity index (χ3n) is 2.63. The minimum Gasteiger partial charge on any atom is -0.325 e. The van der Waals surface area contributed by atoms with Crippen molar-refractivity contribution in [2.75, 3.05) is 25.5 Å². The third kappa shape index (κ3) is 3.89. The van der Waals surface area contributed by atoms with E-state index in [-0.39, 0.29) is 19.0 Å². The molecule has 17 heavy (non-hydrogen) atoms. The number of carbonyl (C=O) groups excluding carboxylic acids is 1. The molecule has 1 N–H and O–H groups in total. The summed E-state index contributed by atoms with van der Waals surface area (Å²) in [6, 6.07) is 7.80. The van der Waals surface area contributed by atoms with Crippen molar-refractivity contribution in [3.8, 4) is 6.07 Å². The summed E-state index contributed by atoms with van der Waals surface area (Å²) in [5.74, 6) is -0.101. The predicted molar refractivity (Wildman–Crippen MR) is 67.7 cm³/mol. The van der Waals surface area contributed by atoms with Crippen LogP contribution >= 0.6 is 0 Å². The predicted octanol–water partition coefficient (Wildman–Crippen LogP) is 1.70. The van der Waals surface area contributed by atoms with Gasteiger partial charge in [0, 0.05) is 5.69 Å². The average Bonchev–Trinajstić information content (AvgIpc) is 2.25. The van der Waals surface area contributed by atoms with Crippen LogP contribution in [0.4, 0.5) is 5.69 Å². The maximum Gasteiger partial charge on any atom is 0.238 e. The van der Waals surface area contributed by atoms with Crippen LogP contribution in [0.3, 0.4) is 0 Å². The Labute approximate surface area is 102 Å². The summed E-state index contributed by atoms with van der Waals surface area (Å²) in [4.78, 5) is 13.4. The molecule has 4 nitrogen and oxygen atoms in total. The van der Waals surface area contributed by atoms with E-state index in [1.807, 2.05) is 38.1 Å². The molecule has 0 aliphatic carbocycles. The van der Waals surface area contributed by atoms with Gasteiger partial charge >= 0.3 is 0 Å². The number of carbonyl (C=O) groups is 1. The quantitative estimate of drug-likeness (QED) is 0.802. The normalized spacial score (nSPS) is 10.1. The van der Waals surface area contributed by atoms with Gasteiger partial charge in [0.2, 0.25) is 5.91 Å². The van der Waals surface area contributed by atoms with Crippen molar-refractivity contribution >= 4 is 11.6 Å². The van der Waals surface area contributed by atoms with Gasteiger partial charge in [-0.2, -0.15) is 5.26 Å². The van der Waals surface area contributed by atoms with Crippen molar-refractivity contribution in [1.29, 1.82) is 5.26 Å². The lowest BCUT2D eigenvalue weighted by Gasteiger charge is -2.14. The van der Waals surface area contributed by atoms with Gasteiger partial charge in [-0.3, -0.25) is 9.69 Å². The molecular weight excluding hydrogens is 214 g/mol. The van der Waals surface area contributed by atoms with Crippen molar-refractivity contribution in [3.05, 3.63) is 29.3 Å². The Kier molecular flexibility index (Phi) is 4.68. The van der Waals surface area contributed by atoms with Crippen LogP contribution in [-0.2, 0) is 4.79 Å². The topological polar surface area (TPSA) is 56.1 Å². The van der Waals surface area contributed by atoms with Crippen LogP contribution in [0.25, 0.3) is 0 Å². The molecule has 1 aromatic rings. The van der Waals surface area contributed by atoms with Crippen LogP contribution in [-0.4, -0.2) is 30.9 Å². The van der Waals surface area contributed by atoms with Crippen molar-refractivity contribution < 1.29 is 4.79 Å². The molecule has 0 saturated carbocycles. The Hall–Kier alpha value is -1.86. The highest BCUT2D eigenvalue weighted by Gasteiger charge is 2.08. The van der Waals surface area contributed by atoms with Gasteiger partial charge in [0.15, 0.2) is 0 Å². The Bertz CT molecular complexity index is 448. The van der Waals surface area contributed by atoms with E-state index in [9.17, 15) is 4.79 Å². The fraction of sp³-hybridized carbons (Fsp3) is 0.385. The molecule has 0 unspecified atom stereocenters. The molecule has 0 aliphatic rings. The van der Waals surface area contributed by atoms with Gasteiger partial charge in [-0.05, 0) is 38.1 Å². The zero-order valence-corrected chi connectivity index (χ0v) is 10.4. The Morgan fingerprint density at radius 1 is 1.47 bits per heavy atom. The Morgan fingerprint density at radius 3 is 2.82 bits per heavy atom. The highest BCUT2D eigenvalue weighted by molar-refractivity contribution is 5.93. The second-order valence-corrected chi connectivity index (χ2v) is 4.13. The molecule has 0 radical (unpaired) electrons. The number of anilines is 1. The molecule has 0 aliphatic heterocycles. The molecule has 90 valence electrons. The maximum atomic E-state index is 11.7. The number of benzene rings is 1. The van der Waals surface area contributed by atoms with Gasteiger partial charge in [0.1, 0.15) is 0 Å². The number of nitrogens with zero attached hydrogens (tertiary/aromatic N) is 2. The minimum absolute atomic E-state index is 0.101. The molecule has 0 bridgehead atoms. The number of hydrogen-bond acceptors (Lipinski definition) is 3. The van der Waals surface area contributed by atoms with Crippen molar-refractivity contribution in [2.45, 2.75) is 13.8 Å². The van der Waals surface area contributed by atoms with Gasteiger partial charge < -0.3 is 5.32 Å². The number of nitriles is 1. The zero-order chi connectivity index (χ0) is 12.8. The summed E-state index contributed by atoms with van der Waals surface area (Å²) in [7, 11) is 1.74. The number of nitrogens with one attached hydrogen (secondary N) is 1. The average molecular weight is 231 g/mol. The van der Waals surface area contributed by atoms with Crippen LogP contribution < -0.4 is 5.32 Å². The minimum atomic E-state index is -0.101. The monoisotopic (exact) mass is 231 g/mol. The second-order valence-electron chi connectivity index (χ2n) is 4.13. The molecule has 1 rings (SSSR count). The van der Waals surface area contributed by atoms with E-state index in [4.69, 9.17) is 5.26 Å².